The molecule has 5 heteroatoms. The standard InChI is InChI=1S/C24H32N4O/c25-15-22-17-28(18-23(22)21-9-5-2-6-10-21)24(29)19-27-13-11-26(12-14-27)16-20-7-3-1-4-8-20/h1-10,22-23H,11-19,25H2/t22-,23+/m1/s1. The lowest BCUT2D eigenvalue weighted by Gasteiger charge is -2.35. The summed E-state index contributed by atoms with van der Waals surface area (Å²) < 4.78 is 0. The molecule has 2 atom stereocenters. The molecule has 2 aliphatic rings. The molecular weight excluding hydrogens is 360 g/mol. The number of nitrogens with zero attached hydrogens (tertiary/aromatic N) is 3. The van der Waals surface area contributed by atoms with E-state index in [0.717, 1.165) is 45.8 Å². The summed E-state index contributed by atoms with van der Waals surface area (Å²) in [4.78, 5) is 19.8. The molecule has 2 aromatic carbocycles. The summed E-state index contributed by atoms with van der Waals surface area (Å²) in [5, 5.41) is 0. The Morgan fingerprint density at radius 2 is 1.48 bits per heavy atom. The molecule has 0 aliphatic carbocycles. The molecule has 2 aliphatic heterocycles. The average molecular weight is 393 g/mol. The first-order valence-corrected chi connectivity index (χ1v) is 10.7. The van der Waals surface area contributed by atoms with E-state index in [1.807, 2.05) is 11.0 Å². The van der Waals surface area contributed by atoms with E-state index >= 15 is 0 Å². The first kappa shape index (κ1) is 20.1. The van der Waals surface area contributed by atoms with Gasteiger partial charge in [0.05, 0.1) is 6.54 Å². The zero-order chi connectivity index (χ0) is 20.1. The fraction of sp³-hybridized carbons (Fsp3) is 0.458. The Kier molecular flexibility index (Phi) is 6.60. The van der Waals surface area contributed by atoms with Crippen LogP contribution in [0.25, 0.3) is 0 Å². The Labute approximate surface area is 174 Å². The van der Waals surface area contributed by atoms with Crippen LogP contribution in [-0.4, -0.2) is 73.0 Å². The Morgan fingerprint density at radius 3 is 2.14 bits per heavy atom. The molecule has 1 amide bonds. The summed E-state index contributed by atoms with van der Waals surface area (Å²) in [7, 11) is 0. The van der Waals surface area contributed by atoms with Gasteiger partial charge in [-0.25, -0.2) is 0 Å². The summed E-state index contributed by atoms with van der Waals surface area (Å²) in [5.74, 6) is 0.954. The number of carbonyl (C=O) groups excluding carboxylic acids is 1. The quantitative estimate of drug-likeness (QED) is 0.817. The fourth-order valence-electron chi connectivity index (χ4n) is 4.63. The Morgan fingerprint density at radius 1 is 0.862 bits per heavy atom. The van der Waals surface area contributed by atoms with E-state index in [2.05, 4.69) is 64.4 Å². The van der Waals surface area contributed by atoms with Crippen molar-refractivity contribution >= 4 is 5.91 Å². The van der Waals surface area contributed by atoms with Crippen molar-refractivity contribution < 1.29 is 4.79 Å². The molecular formula is C24H32N4O. The summed E-state index contributed by atoms with van der Waals surface area (Å²) in [6.07, 6.45) is 0. The molecule has 2 heterocycles. The zero-order valence-corrected chi connectivity index (χ0v) is 17.1. The lowest BCUT2D eigenvalue weighted by Crippen LogP contribution is -2.49. The van der Waals surface area contributed by atoms with Crippen LogP contribution < -0.4 is 5.73 Å². The smallest absolute Gasteiger partial charge is 0.236 e. The highest BCUT2D eigenvalue weighted by atomic mass is 16.2. The second-order valence-corrected chi connectivity index (χ2v) is 8.35. The van der Waals surface area contributed by atoms with Gasteiger partial charge in [0.2, 0.25) is 5.91 Å². The van der Waals surface area contributed by atoms with Crippen LogP contribution in [0.2, 0.25) is 0 Å². The van der Waals surface area contributed by atoms with Gasteiger partial charge in [-0.05, 0) is 23.6 Å². The number of nitrogens with two attached hydrogens (primary N) is 1. The number of likely N-dealkylation sites (tertiary alicyclic amines) is 1. The molecule has 2 aromatic rings. The molecule has 2 fully saturated rings. The van der Waals surface area contributed by atoms with E-state index in [4.69, 9.17) is 5.73 Å². The monoisotopic (exact) mass is 392 g/mol. The van der Waals surface area contributed by atoms with Crippen molar-refractivity contribution in [3.05, 3.63) is 71.8 Å². The van der Waals surface area contributed by atoms with Gasteiger partial charge in [-0.2, -0.15) is 0 Å². The molecule has 4 rings (SSSR count). The van der Waals surface area contributed by atoms with Crippen molar-refractivity contribution in [1.82, 2.24) is 14.7 Å². The van der Waals surface area contributed by atoms with Crippen LogP contribution in [0.15, 0.2) is 60.7 Å². The van der Waals surface area contributed by atoms with Crippen LogP contribution in [0.1, 0.15) is 17.0 Å². The number of carbonyl (C=O) groups is 1. The Bertz CT molecular complexity index is 774. The zero-order valence-electron chi connectivity index (χ0n) is 17.1. The highest BCUT2D eigenvalue weighted by Gasteiger charge is 2.35. The molecule has 0 spiro atoms. The SMILES string of the molecule is NC[C@@H]1CN(C(=O)CN2CCN(Cc3ccccc3)CC2)C[C@H]1c1ccccc1. The fourth-order valence-corrected chi connectivity index (χ4v) is 4.63. The van der Waals surface area contributed by atoms with Crippen molar-refractivity contribution in [2.75, 3.05) is 52.4 Å². The van der Waals surface area contributed by atoms with Crippen LogP contribution >= 0.6 is 0 Å². The predicted octanol–water partition coefficient (Wildman–Crippen LogP) is 2.01. The van der Waals surface area contributed by atoms with Gasteiger partial charge in [0.25, 0.3) is 0 Å². The van der Waals surface area contributed by atoms with E-state index in [0.29, 0.717) is 24.9 Å². The largest absolute Gasteiger partial charge is 0.341 e. The molecule has 2 saturated heterocycles. The van der Waals surface area contributed by atoms with E-state index in [9.17, 15) is 4.79 Å². The second-order valence-electron chi connectivity index (χ2n) is 8.35. The Hall–Kier alpha value is -2.21. The van der Waals surface area contributed by atoms with Crippen LogP contribution in [0.4, 0.5) is 0 Å². The summed E-state index contributed by atoms with van der Waals surface area (Å²) in [6.45, 7) is 7.65. The number of hydrogen-bond donors (Lipinski definition) is 1. The minimum atomic E-state index is 0.249. The van der Waals surface area contributed by atoms with Crippen molar-refractivity contribution in [3.63, 3.8) is 0 Å². The Balaban J connectivity index is 1.27. The maximum absolute atomic E-state index is 13.0. The van der Waals surface area contributed by atoms with Crippen molar-refractivity contribution in [3.8, 4) is 0 Å². The first-order valence-electron chi connectivity index (χ1n) is 10.7. The maximum atomic E-state index is 13.0. The number of rotatable bonds is 6. The third kappa shape index (κ3) is 5.04. The van der Waals surface area contributed by atoms with Gasteiger partial charge in [0.1, 0.15) is 0 Å². The van der Waals surface area contributed by atoms with Crippen LogP contribution in [0.5, 0.6) is 0 Å². The van der Waals surface area contributed by atoms with Crippen molar-refractivity contribution in [2.45, 2.75) is 12.5 Å². The van der Waals surface area contributed by atoms with Gasteiger partial charge in [-0.1, -0.05) is 60.7 Å². The van der Waals surface area contributed by atoms with Crippen molar-refractivity contribution in [1.29, 1.82) is 0 Å². The lowest BCUT2D eigenvalue weighted by atomic mass is 9.89. The molecule has 154 valence electrons. The lowest BCUT2D eigenvalue weighted by molar-refractivity contribution is -0.132. The normalized spacial score (nSPS) is 23.4. The van der Waals surface area contributed by atoms with Crippen LogP contribution in [0, 0.1) is 5.92 Å². The third-order valence-corrected chi connectivity index (χ3v) is 6.40. The van der Waals surface area contributed by atoms with Gasteiger partial charge in [-0.15, -0.1) is 0 Å². The van der Waals surface area contributed by atoms with Crippen LogP contribution in [-0.2, 0) is 11.3 Å². The molecule has 0 saturated carbocycles. The van der Waals surface area contributed by atoms with Gasteiger partial charge in [0.15, 0.2) is 0 Å². The van der Waals surface area contributed by atoms with E-state index < -0.39 is 0 Å². The van der Waals surface area contributed by atoms with Crippen molar-refractivity contribution in [2.24, 2.45) is 11.7 Å². The number of amides is 1. The predicted molar refractivity (Wildman–Crippen MR) is 116 cm³/mol. The number of piperazine rings is 1. The van der Waals surface area contributed by atoms with Gasteiger partial charge in [-0.3, -0.25) is 14.6 Å². The van der Waals surface area contributed by atoms with E-state index in [1.54, 1.807) is 0 Å². The highest BCUT2D eigenvalue weighted by molar-refractivity contribution is 5.78. The van der Waals surface area contributed by atoms with Gasteiger partial charge < -0.3 is 10.6 Å². The number of hydrogen-bond acceptors (Lipinski definition) is 4. The van der Waals surface area contributed by atoms with Gasteiger partial charge in [0, 0.05) is 51.7 Å². The topological polar surface area (TPSA) is 52.8 Å². The second kappa shape index (κ2) is 9.53. The molecule has 0 bridgehead atoms. The summed E-state index contributed by atoms with van der Waals surface area (Å²) in [6, 6.07) is 21.1. The molecule has 0 unspecified atom stereocenters. The number of benzene rings is 2. The minimum Gasteiger partial charge on any atom is -0.341 e. The molecule has 0 aromatic heterocycles. The van der Waals surface area contributed by atoms with E-state index in [-0.39, 0.29) is 5.91 Å². The van der Waals surface area contributed by atoms with Gasteiger partial charge >= 0.3 is 0 Å². The minimum absolute atomic E-state index is 0.249. The first-order chi connectivity index (χ1) is 14.2. The van der Waals surface area contributed by atoms with E-state index in [1.165, 1.54) is 11.1 Å². The highest BCUT2D eigenvalue weighted by Crippen LogP contribution is 2.32. The third-order valence-electron chi connectivity index (χ3n) is 6.40. The molecule has 5 nitrogen and oxygen atoms in total. The van der Waals surface area contributed by atoms with Crippen LogP contribution in [0.3, 0.4) is 0 Å². The summed E-state index contributed by atoms with van der Waals surface area (Å²) in [5.41, 5.74) is 8.69. The summed E-state index contributed by atoms with van der Waals surface area (Å²) >= 11 is 0. The maximum Gasteiger partial charge on any atom is 0.236 e. The molecule has 0 radical (unpaired) electrons. The average Bonchev–Trinajstić information content (AvgIpc) is 3.21. The molecule has 29 heavy (non-hydrogen) atoms. The molecule has 2 N–H and O–H groups in total.